The Balaban J connectivity index is 3.15. The molecule has 0 aliphatic heterocycles. The van der Waals surface area contributed by atoms with Crippen LogP contribution in [0.4, 0.5) is 4.39 Å². The third-order valence-electron chi connectivity index (χ3n) is 2.12. The van der Waals surface area contributed by atoms with Gasteiger partial charge in [-0.3, -0.25) is 0 Å². The van der Waals surface area contributed by atoms with Gasteiger partial charge in [-0.1, -0.05) is 0 Å². The lowest BCUT2D eigenvalue weighted by atomic mass is 10.0. The molecule has 1 aromatic carbocycles. The van der Waals surface area contributed by atoms with Crippen LogP contribution in [0.3, 0.4) is 0 Å². The Morgan fingerprint density at radius 1 is 1.47 bits per heavy atom. The highest BCUT2D eigenvalue weighted by Crippen LogP contribution is 2.31. The number of benzene rings is 1. The molecule has 2 atom stereocenters. The van der Waals surface area contributed by atoms with Crippen LogP contribution in [-0.2, 0) is 0 Å². The minimum absolute atomic E-state index is 0.0586. The number of nitrogens with two attached hydrogens (primary N) is 1. The van der Waals surface area contributed by atoms with Crippen molar-refractivity contribution in [1.29, 1.82) is 0 Å². The highest BCUT2D eigenvalue weighted by Gasteiger charge is 2.19. The van der Waals surface area contributed by atoms with Crippen LogP contribution in [0.25, 0.3) is 0 Å². The van der Waals surface area contributed by atoms with Gasteiger partial charge >= 0.3 is 0 Å². The van der Waals surface area contributed by atoms with Crippen molar-refractivity contribution in [3.8, 4) is 11.5 Å². The lowest BCUT2D eigenvalue weighted by Crippen LogP contribution is -2.24. The number of phenolic OH excluding ortho intramolecular Hbond substituents is 1. The van der Waals surface area contributed by atoms with Gasteiger partial charge in [0.2, 0.25) is 0 Å². The van der Waals surface area contributed by atoms with Crippen LogP contribution in [0.15, 0.2) is 12.1 Å². The molecule has 0 radical (unpaired) electrons. The molecule has 0 fully saturated rings. The molecule has 1 rings (SSSR count). The van der Waals surface area contributed by atoms with E-state index in [4.69, 9.17) is 5.73 Å². The second kappa shape index (κ2) is 4.46. The van der Waals surface area contributed by atoms with Gasteiger partial charge in [-0.15, -0.1) is 0 Å². The van der Waals surface area contributed by atoms with Crippen molar-refractivity contribution in [2.45, 2.75) is 19.1 Å². The molecule has 1 aromatic rings. The number of rotatable bonds is 3. The van der Waals surface area contributed by atoms with Gasteiger partial charge < -0.3 is 20.7 Å². The molecule has 84 valence electrons. The first-order valence-corrected chi connectivity index (χ1v) is 4.47. The third kappa shape index (κ3) is 2.37. The maximum absolute atomic E-state index is 13.3. The quantitative estimate of drug-likeness (QED) is 0.700. The van der Waals surface area contributed by atoms with Crippen LogP contribution < -0.4 is 10.5 Å². The number of aromatic hydroxyl groups is 1. The molecule has 0 saturated carbocycles. The van der Waals surface area contributed by atoms with Gasteiger partial charge in [0.1, 0.15) is 5.75 Å². The lowest BCUT2D eigenvalue weighted by Gasteiger charge is -2.17. The van der Waals surface area contributed by atoms with Crippen LogP contribution in [-0.4, -0.2) is 23.4 Å². The zero-order valence-corrected chi connectivity index (χ0v) is 8.57. The van der Waals surface area contributed by atoms with E-state index in [0.717, 1.165) is 12.1 Å². The van der Waals surface area contributed by atoms with Crippen LogP contribution in [0.2, 0.25) is 0 Å². The van der Waals surface area contributed by atoms with Crippen molar-refractivity contribution in [3.05, 3.63) is 23.5 Å². The minimum atomic E-state index is -1.11. The second-order valence-electron chi connectivity index (χ2n) is 3.35. The summed E-state index contributed by atoms with van der Waals surface area (Å²) in [5.41, 5.74) is 5.50. The Labute approximate surface area is 87.1 Å². The van der Waals surface area contributed by atoms with Gasteiger partial charge in [0, 0.05) is 17.7 Å². The average Bonchev–Trinajstić information content (AvgIpc) is 2.19. The van der Waals surface area contributed by atoms with E-state index in [-0.39, 0.29) is 17.1 Å². The average molecular weight is 215 g/mol. The molecule has 4 N–H and O–H groups in total. The maximum atomic E-state index is 13.3. The van der Waals surface area contributed by atoms with Crippen molar-refractivity contribution >= 4 is 0 Å². The Kier molecular flexibility index (Phi) is 3.49. The van der Waals surface area contributed by atoms with Crippen molar-refractivity contribution in [2.75, 3.05) is 7.11 Å². The summed E-state index contributed by atoms with van der Waals surface area (Å²) >= 11 is 0. The summed E-state index contributed by atoms with van der Waals surface area (Å²) < 4.78 is 17.9. The summed E-state index contributed by atoms with van der Waals surface area (Å²) in [5, 5.41) is 19.1. The molecule has 2 unspecified atom stereocenters. The zero-order valence-electron chi connectivity index (χ0n) is 8.57. The Bertz CT molecular complexity index is 355. The number of halogens is 1. The molecule has 0 spiro atoms. The smallest absolute Gasteiger partial charge is 0.165 e. The molecule has 0 saturated heterocycles. The SMILES string of the molecule is COc1cc(O)c(C(O)C(C)N)cc1F. The van der Waals surface area contributed by atoms with Gasteiger partial charge in [-0.05, 0) is 13.0 Å². The van der Waals surface area contributed by atoms with Crippen LogP contribution in [0.1, 0.15) is 18.6 Å². The number of hydrogen-bond acceptors (Lipinski definition) is 4. The largest absolute Gasteiger partial charge is 0.507 e. The zero-order chi connectivity index (χ0) is 11.6. The summed E-state index contributed by atoms with van der Waals surface area (Å²) in [6.45, 7) is 1.56. The minimum Gasteiger partial charge on any atom is -0.507 e. The molecule has 4 nitrogen and oxygen atoms in total. The molecular formula is C10H14FNO3. The lowest BCUT2D eigenvalue weighted by molar-refractivity contribution is 0.149. The predicted molar refractivity (Wildman–Crippen MR) is 53.2 cm³/mol. The van der Waals surface area contributed by atoms with Gasteiger partial charge in [0.15, 0.2) is 11.6 Å². The first-order chi connectivity index (χ1) is 6.97. The normalized spacial score (nSPS) is 14.7. The first-order valence-electron chi connectivity index (χ1n) is 4.47. The number of hydrogen-bond donors (Lipinski definition) is 3. The molecular weight excluding hydrogens is 201 g/mol. The highest BCUT2D eigenvalue weighted by molar-refractivity contribution is 5.42. The molecule has 0 amide bonds. The Morgan fingerprint density at radius 2 is 2.07 bits per heavy atom. The van der Waals surface area contributed by atoms with Crippen molar-refractivity contribution in [1.82, 2.24) is 0 Å². The molecule has 5 heteroatoms. The molecule has 0 aliphatic carbocycles. The fraction of sp³-hybridized carbons (Fsp3) is 0.400. The summed E-state index contributed by atoms with van der Waals surface area (Å²) in [5.74, 6) is -0.962. The Morgan fingerprint density at radius 3 is 2.53 bits per heavy atom. The summed E-state index contributed by atoms with van der Waals surface area (Å²) in [6, 6.07) is 1.53. The van der Waals surface area contributed by atoms with Crippen LogP contribution in [0.5, 0.6) is 11.5 Å². The van der Waals surface area contributed by atoms with Crippen molar-refractivity contribution in [2.24, 2.45) is 5.73 Å². The fourth-order valence-corrected chi connectivity index (χ4v) is 1.23. The van der Waals surface area contributed by atoms with E-state index in [0.29, 0.717) is 0 Å². The van der Waals surface area contributed by atoms with Crippen LogP contribution in [0, 0.1) is 5.82 Å². The van der Waals surface area contributed by atoms with Gasteiger partial charge in [0.05, 0.1) is 13.2 Å². The van der Waals surface area contributed by atoms with Crippen molar-refractivity contribution < 1.29 is 19.3 Å². The number of phenols is 1. The fourth-order valence-electron chi connectivity index (χ4n) is 1.23. The molecule has 0 aliphatic rings. The topological polar surface area (TPSA) is 75.7 Å². The molecule has 0 heterocycles. The summed E-state index contributed by atoms with van der Waals surface area (Å²) in [6.07, 6.45) is -1.11. The standard InChI is InChI=1S/C10H14FNO3/c1-5(12)10(14)6-3-7(11)9(15-2)4-8(6)13/h3-5,10,13-14H,12H2,1-2H3. The third-order valence-corrected chi connectivity index (χ3v) is 2.12. The molecule has 0 bridgehead atoms. The number of methoxy groups -OCH3 is 1. The van der Waals surface area contributed by atoms with Gasteiger partial charge in [-0.2, -0.15) is 0 Å². The van der Waals surface area contributed by atoms with E-state index in [1.165, 1.54) is 7.11 Å². The van der Waals surface area contributed by atoms with E-state index >= 15 is 0 Å². The van der Waals surface area contributed by atoms with E-state index in [1.54, 1.807) is 6.92 Å². The summed E-state index contributed by atoms with van der Waals surface area (Å²) in [4.78, 5) is 0. The first kappa shape index (κ1) is 11.7. The van der Waals surface area contributed by atoms with Crippen molar-refractivity contribution in [3.63, 3.8) is 0 Å². The van der Waals surface area contributed by atoms with E-state index in [9.17, 15) is 14.6 Å². The number of aliphatic hydroxyl groups excluding tert-OH is 1. The van der Waals surface area contributed by atoms with Crippen LogP contribution >= 0.6 is 0 Å². The van der Waals surface area contributed by atoms with Gasteiger partial charge in [-0.25, -0.2) is 4.39 Å². The molecule has 15 heavy (non-hydrogen) atoms. The van der Waals surface area contributed by atoms with E-state index in [2.05, 4.69) is 4.74 Å². The number of ether oxygens (including phenoxy) is 1. The maximum Gasteiger partial charge on any atom is 0.165 e. The highest BCUT2D eigenvalue weighted by atomic mass is 19.1. The molecule has 0 aromatic heterocycles. The summed E-state index contributed by atoms with van der Waals surface area (Å²) in [7, 11) is 1.29. The van der Waals surface area contributed by atoms with E-state index < -0.39 is 18.0 Å². The van der Waals surface area contributed by atoms with Gasteiger partial charge in [0.25, 0.3) is 0 Å². The Hall–Kier alpha value is -1.33. The monoisotopic (exact) mass is 215 g/mol. The second-order valence-corrected chi connectivity index (χ2v) is 3.35. The number of aliphatic hydroxyl groups is 1. The van der Waals surface area contributed by atoms with E-state index in [1.807, 2.05) is 0 Å². The predicted octanol–water partition coefficient (Wildman–Crippen LogP) is 0.921.